The fourth-order valence-electron chi connectivity index (χ4n) is 2.39. The number of benzene rings is 3. The number of para-hydroxylation sites is 2. The van der Waals surface area contributed by atoms with E-state index in [2.05, 4.69) is 10.5 Å². The van der Waals surface area contributed by atoms with Crippen LogP contribution in [0.1, 0.15) is 21.5 Å². The Labute approximate surface area is 151 Å². The standard InChI is InChI=1S/C21H18N2O3/c24-21(25)18-11-5-6-12-19(18)23-22-14-17-10-4-7-13-20(17)26-15-16-8-2-1-3-9-16/h1-14,23H,15H2,(H,24,25)/b22-14+. The van der Waals surface area contributed by atoms with E-state index in [-0.39, 0.29) is 5.56 Å². The van der Waals surface area contributed by atoms with E-state index in [4.69, 9.17) is 4.74 Å². The summed E-state index contributed by atoms with van der Waals surface area (Å²) in [6, 6.07) is 24.1. The minimum Gasteiger partial charge on any atom is -0.488 e. The van der Waals surface area contributed by atoms with Gasteiger partial charge >= 0.3 is 5.97 Å². The second-order valence-corrected chi connectivity index (χ2v) is 5.53. The average molecular weight is 346 g/mol. The average Bonchev–Trinajstić information content (AvgIpc) is 2.68. The first-order valence-corrected chi connectivity index (χ1v) is 8.11. The Morgan fingerprint density at radius 3 is 2.46 bits per heavy atom. The molecule has 0 bridgehead atoms. The van der Waals surface area contributed by atoms with E-state index < -0.39 is 5.97 Å². The molecule has 0 spiro atoms. The summed E-state index contributed by atoms with van der Waals surface area (Å²) in [5.41, 5.74) is 5.24. The van der Waals surface area contributed by atoms with Crippen molar-refractivity contribution >= 4 is 17.9 Å². The number of carboxylic acids is 1. The molecule has 3 aromatic carbocycles. The van der Waals surface area contributed by atoms with Gasteiger partial charge in [-0.15, -0.1) is 0 Å². The molecule has 5 nitrogen and oxygen atoms in total. The molecule has 5 heteroatoms. The van der Waals surface area contributed by atoms with Crippen molar-refractivity contribution in [2.45, 2.75) is 6.61 Å². The molecule has 0 unspecified atom stereocenters. The van der Waals surface area contributed by atoms with Crippen LogP contribution in [0.5, 0.6) is 5.75 Å². The molecule has 0 saturated heterocycles. The van der Waals surface area contributed by atoms with Gasteiger partial charge in [0.25, 0.3) is 0 Å². The van der Waals surface area contributed by atoms with Crippen molar-refractivity contribution in [1.82, 2.24) is 0 Å². The first-order chi connectivity index (χ1) is 12.7. The summed E-state index contributed by atoms with van der Waals surface area (Å²) in [6.07, 6.45) is 1.61. The normalized spacial score (nSPS) is 10.6. The topological polar surface area (TPSA) is 70.9 Å². The van der Waals surface area contributed by atoms with E-state index in [0.29, 0.717) is 18.0 Å². The number of rotatable bonds is 7. The zero-order valence-corrected chi connectivity index (χ0v) is 14.0. The fourth-order valence-corrected chi connectivity index (χ4v) is 2.39. The van der Waals surface area contributed by atoms with Gasteiger partial charge in [-0.2, -0.15) is 5.10 Å². The van der Waals surface area contributed by atoms with Crippen LogP contribution in [0, 0.1) is 0 Å². The summed E-state index contributed by atoms with van der Waals surface area (Å²) >= 11 is 0. The molecule has 0 radical (unpaired) electrons. The third-order valence-electron chi connectivity index (χ3n) is 3.70. The van der Waals surface area contributed by atoms with Crippen LogP contribution < -0.4 is 10.2 Å². The maximum atomic E-state index is 11.2. The van der Waals surface area contributed by atoms with E-state index in [9.17, 15) is 9.90 Å². The van der Waals surface area contributed by atoms with Crippen LogP contribution in [0.25, 0.3) is 0 Å². The lowest BCUT2D eigenvalue weighted by atomic mass is 10.2. The van der Waals surface area contributed by atoms with Crippen LogP contribution in [0.15, 0.2) is 84.0 Å². The molecule has 3 aromatic rings. The van der Waals surface area contributed by atoms with Crippen molar-refractivity contribution in [2.75, 3.05) is 5.43 Å². The zero-order chi connectivity index (χ0) is 18.2. The van der Waals surface area contributed by atoms with Gasteiger partial charge in [-0.1, -0.05) is 54.6 Å². The second kappa shape index (κ2) is 8.48. The molecule has 2 N–H and O–H groups in total. The molecule has 0 heterocycles. The molecule has 0 aromatic heterocycles. The highest BCUT2D eigenvalue weighted by molar-refractivity contribution is 5.94. The molecule has 0 aliphatic rings. The van der Waals surface area contributed by atoms with Gasteiger partial charge in [-0.3, -0.25) is 5.43 Å². The number of nitrogens with one attached hydrogen (secondary N) is 1. The molecule has 0 amide bonds. The SMILES string of the molecule is O=C(O)c1ccccc1N/N=C/c1ccccc1OCc1ccccc1. The first kappa shape index (κ1) is 17.2. The molecule has 0 aliphatic carbocycles. The third kappa shape index (κ3) is 4.48. The maximum absolute atomic E-state index is 11.2. The van der Waals surface area contributed by atoms with E-state index in [1.165, 1.54) is 6.07 Å². The lowest BCUT2D eigenvalue weighted by molar-refractivity contribution is 0.0698. The molecule has 26 heavy (non-hydrogen) atoms. The highest BCUT2D eigenvalue weighted by Crippen LogP contribution is 2.18. The van der Waals surface area contributed by atoms with Crippen LogP contribution in [0.3, 0.4) is 0 Å². The van der Waals surface area contributed by atoms with E-state index >= 15 is 0 Å². The third-order valence-corrected chi connectivity index (χ3v) is 3.70. The van der Waals surface area contributed by atoms with Gasteiger partial charge in [0.05, 0.1) is 17.5 Å². The number of carbonyl (C=O) groups is 1. The number of hydrazone groups is 1. The van der Waals surface area contributed by atoms with Gasteiger partial charge in [-0.05, 0) is 29.8 Å². The number of hydrogen-bond donors (Lipinski definition) is 2. The summed E-state index contributed by atoms with van der Waals surface area (Å²) in [5, 5.41) is 13.3. The molecular weight excluding hydrogens is 328 g/mol. The van der Waals surface area contributed by atoms with Crippen LogP contribution in [0.2, 0.25) is 0 Å². The van der Waals surface area contributed by atoms with Crippen molar-refractivity contribution in [3.8, 4) is 5.75 Å². The summed E-state index contributed by atoms with van der Waals surface area (Å²) in [7, 11) is 0. The Morgan fingerprint density at radius 2 is 1.65 bits per heavy atom. The highest BCUT2D eigenvalue weighted by atomic mass is 16.5. The Kier molecular flexibility index (Phi) is 5.62. The first-order valence-electron chi connectivity index (χ1n) is 8.11. The quantitative estimate of drug-likeness (QED) is 0.491. The van der Waals surface area contributed by atoms with Gasteiger partial charge in [0.15, 0.2) is 0 Å². The van der Waals surface area contributed by atoms with E-state index in [1.54, 1.807) is 24.4 Å². The molecule has 0 saturated carbocycles. The van der Waals surface area contributed by atoms with Crippen LogP contribution in [-0.4, -0.2) is 17.3 Å². The largest absolute Gasteiger partial charge is 0.488 e. The minimum absolute atomic E-state index is 0.165. The van der Waals surface area contributed by atoms with Crippen LogP contribution in [0.4, 0.5) is 5.69 Å². The van der Waals surface area contributed by atoms with Gasteiger partial charge in [0.2, 0.25) is 0 Å². The molecule has 0 fully saturated rings. The predicted molar refractivity (Wildman–Crippen MR) is 102 cm³/mol. The predicted octanol–water partition coefficient (Wildman–Crippen LogP) is 4.41. The van der Waals surface area contributed by atoms with E-state index in [1.807, 2.05) is 54.6 Å². The van der Waals surface area contributed by atoms with Gasteiger partial charge in [0.1, 0.15) is 12.4 Å². The fraction of sp³-hybridized carbons (Fsp3) is 0.0476. The van der Waals surface area contributed by atoms with Crippen LogP contribution in [-0.2, 0) is 6.61 Å². The molecular formula is C21H18N2O3. The maximum Gasteiger partial charge on any atom is 0.337 e. The molecule has 0 atom stereocenters. The van der Waals surface area contributed by atoms with Crippen molar-refractivity contribution in [3.63, 3.8) is 0 Å². The smallest absolute Gasteiger partial charge is 0.337 e. The zero-order valence-electron chi connectivity index (χ0n) is 14.0. The van der Waals surface area contributed by atoms with Crippen molar-refractivity contribution < 1.29 is 14.6 Å². The van der Waals surface area contributed by atoms with Crippen LogP contribution >= 0.6 is 0 Å². The summed E-state index contributed by atoms with van der Waals surface area (Å²) in [6.45, 7) is 0.459. The Morgan fingerprint density at radius 1 is 0.962 bits per heavy atom. The van der Waals surface area contributed by atoms with E-state index in [0.717, 1.165) is 11.1 Å². The van der Waals surface area contributed by atoms with Gasteiger partial charge in [-0.25, -0.2) is 4.79 Å². The second-order valence-electron chi connectivity index (χ2n) is 5.53. The molecule has 3 rings (SSSR count). The van der Waals surface area contributed by atoms with Crippen molar-refractivity contribution in [3.05, 3.63) is 95.6 Å². The Bertz CT molecular complexity index is 908. The number of anilines is 1. The van der Waals surface area contributed by atoms with Gasteiger partial charge < -0.3 is 9.84 Å². The van der Waals surface area contributed by atoms with Crippen molar-refractivity contribution in [1.29, 1.82) is 0 Å². The minimum atomic E-state index is -1.00. The van der Waals surface area contributed by atoms with Gasteiger partial charge in [0, 0.05) is 5.56 Å². The lowest BCUT2D eigenvalue weighted by Crippen LogP contribution is -2.02. The number of ether oxygens (including phenoxy) is 1. The number of nitrogens with zero attached hydrogens (tertiary/aromatic N) is 1. The highest BCUT2D eigenvalue weighted by Gasteiger charge is 2.07. The number of aromatic carboxylic acids is 1. The summed E-state index contributed by atoms with van der Waals surface area (Å²) < 4.78 is 5.87. The Balaban J connectivity index is 1.70. The summed E-state index contributed by atoms with van der Waals surface area (Å²) in [5.74, 6) is -0.302. The van der Waals surface area contributed by atoms with Crippen molar-refractivity contribution in [2.24, 2.45) is 5.10 Å². The monoisotopic (exact) mass is 346 g/mol. The Hall–Kier alpha value is -3.60. The molecule has 130 valence electrons. The summed E-state index contributed by atoms with van der Waals surface area (Å²) in [4.78, 5) is 11.2. The lowest BCUT2D eigenvalue weighted by Gasteiger charge is -2.09. The number of hydrogen-bond acceptors (Lipinski definition) is 4. The molecule has 0 aliphatic heterocycles. The number of carboxylic acid groups (broad SMARTS) is 1.